The zero-order valence-electron chi connectivity index (χ0n) is 15.0. The Kier molecular flexibility index (Phi) is 4.43. The maximum absolute atomic E-state index is 5.28. The van der Waals surface area contributed by atoms with Crippen LogP contribution in [-0.2, 0) is 0 Å². The second-order valence-electron chi connectivity index (χ2n) is 7.17. The number of rotatable bonds is 4. The van der Waals surface area contributed by atoms with Gasteiger partial charge in [0.15, 0.2) is 0 Å². The van der Waals surface area contributed by atoms with E-state index in [2.05, 4.69) is 58.3 Å². The number of nitrogens with zero attached hydrogens (tertiary/aromatic N) is 2. The van der Waals surface area contributed by atoms with Crippen molar-refractivity contribution in [1.82, 2.24) is 0 Å². The van der Waals surface area contributed by atoms with Crippen LogP contribution in [0.1, 0.15) is 6.42 Å². The van der Waals surface area contributed by atoms with Crippen molar-refractivity contribution in [3.8, 4) is 11.5 Å². The molecule has 2 heterocycles. The molecule has 2 fully saturated rings. The van der Waals surface area contributed by atoms with Gasteiger partial charge in [-0.3, -0.25) is 0 Å². The first-order valence-corrected chi connectivity index (χ1v) is 9.03. The Morgan fingerprint density at radius 1 is 0.640 bits per heavy atom. The van der Waals surface area contributed by atoms with E-state index >= 15 is 0 Å². The molecule has 2 saturated heterocycles. The Balaban J connectivity index is 1.44. The second kappa shape index (κ2) is 6.87. The molecule has 2 aliphatic heterocycles. The number of fused-ring (bicyclic) bond motifs is 2. The molecule has 2 aromatic carbocycles. The predicted molar refractivity (Wildman–Crippen MR) is 102 cm³/mol. The van der Waals surface area contributed by atoms with E-state index in [-0.39, 0.29) is 0 Å². The third-order valence-electron chi connectivity index (χ3n) is 5.46. The van der Waals surface area contributed by atoms with E-state index in [0.717, 1.165) is 49.5 Å². The molecule has 132 valence electrons. The summed E-state index contributed by atoms with van der Waals surface area (Å²) in [4.78, 5) is 5.09. The van der Waals surface area contributed by atoms with Gasteiger partial charge in [0.05, 0.1) is 14.2 Å². The molecule has 0 amide bonds. The van der Waals surface area contributed by atoms with E-state index < -0.39 is 0 Å². The van der Waals surface area contributed by atoms with Crippen LogP contribution in [0.2, 0.25) is 0 Å². The van der Waals surface area contributed by atoms with Gasteiger partial charge in [-0.2, -0.15) is 0 Å². The van der Waals surface area contributed by atoms with Crippen molar-refractivity contribution in [2.45, 2.75) is 6.42 Å². The van der Waals surface area contributed by atoms with Gasteiger partial charge in [-0.25, -0.2) is 0 Å². The summed E-state index contributed by atoms with van der Waals surface area (Å²) in [6.07, 6.45) is 1.35. The van der Waals surface area contributed by atoms with Gasteiger partial charge in [0, 0.05) is 37.6 Å². The van der Waals surface area contributed by atoms with Crippen LogP contribution in [0.25, 0.3) is 0 Å². The van der Waals surface area contributed by atoms with E-state index in [1.54, 1.807) is 14.2 Å². The van der Waals surface area contributed by atoms with Crippen LogP contribution in [0.3, 0.4) is 0 Å². The molecule has 2 aliphatic rings. The number of ether oxygens (including phenoxy) is 2. The summed E-state index contributed by atoms with van der Waals surface area (Å²) in [5.74, 6) is 3.28. The van der Waals surface area contributed by atoms with Crippen LogP contribution >= 0.6 is 0 Å². The summed E-state index contributed by atoms with van der Waals surface area (Å²) >= 11 is 0. The summed E-state index contributed by atoms with van der Waals surface area (Å²) in [6, 6.07) is 17.0. The fourth-order valence-electron chi connectivity index (χ4n) is 4.29. The first-order chi connectivity index (χ1) is 12.2. The second-order valence-corrected chi connectivity index (χ2v) is 7.17. The summed E-state index contributed by atoms with van der Waals surface area (Å²) in [6.45, 7) is 4.54. The molecule has 4 rings (SSSR count). The normalized spacial score (nSPS) is 22.6. The first kappa shape index (κ1) is 16.1. The van der Waals surface area contributed by atoms with Gasteiger partial charge < -0.3 is 19.3 Å². The topological polar surface area (TPSA) is 24.9 Å². The van der Waals surface area contributed by atoms with Gasteiger partial charge in [-0.1, -0.05) is 0 Å². The Hall–Kier alpha value is -2.36. The number of hydrogen-bond acceptors (Lipinski definition) is 4. The van der Waals surface area contributed by atoms with Crippen molar-refractivity contribution < 1.29 is 9.47 Å². The third-order valence-corrected chi connectivity index (χ3v) is 5.46. The fraction of sp³-hybridized carbons (Fsp3) is 0.429. The maximum Gasteiger partial charge on any atom is 0.119 e. The van der Waals surface area contributed by atoms with Crippen LogP contribution in [0, 0.1) is 11.8 Å². The molecule has 2 bridgehead atoms. The van der Waals surface area contributed by atoms with Crippen LogP contribution in [-0.4, -0.2) is 40.4 Å². The lowest BCUT2D eigenvalue weighted by Crippen LogP contribution is -2.53. The summed E-state index contributed by atoms with van der Waals surface area (Å²) in [5, 5.41) is 0. The zero-order valence-corrected chi connectivity index (χ0v) is 15.0. The Labute approximate surface area is 150 Å². The molecule has 0 unspecified atom stereocenters. The lowest BCUT2D eigenvalue weighted by molar-refractivity contribution is 0.276. The van der Waals surface area contributed by atoms with Crippen LogP contribution < -0.4 is 19.3 Å². The lowest BCUT2D eigenvalue weighted by Gasteiger charge is -2.47. The van der Waals surface area contributed by atoms with Gasteiger partial charge in [-0.05, 0) is 66.8 Å². The van der Waals surface area contributed by atoms with E-state index in [0.29, 0.717) is 0 Å². The van der Waals surface area contributed by atoms with Crippen molar-refractivity contribution >= 4 is 11.4 Å². The minimum absolute atomic E-state index is 0.719. The molecular weight excluding hydrogens is 312 g/mol. The minimum atomic E-state index is 0.719. The van der Waals surface area contributed by atoms with Gasteiger partial charge in [0.1, 0.15) is 11.5 Å². The molecule has 0 atom stereocenters. The van der Waals surface area contributed by atoms with Gasteiger partial charge >= 0.3 is 0 Å². The van der Waals surface area contributed by atoms with Crippen LogP contribution in [0.5, 0.6) is 11.5 Å². The Morgan fingerprint density at radius 2 is 1.00 bits per heavy atom. The van der Waals surface area contributed by atoms with Gasteiger partial charge in [0.25, 0.3) is 0 Å². The SMILES string of the molecule is COc1ccc(N2CC3CC(C2)CN(c2ccc(OC)cc2)C3)cc1. The van der Waals surface area contributed by atoms with Crippen LogP contribution in [0.15, 0.2) is 48.5 Å². The van der Waals surface area contributed by atoms with Crippen molar-refractivity contribution in [3.63, 3.8) is 0 Å². The quantitative estimate of drug-likeness (QED) is 0.849. The van der Waals surface area contributed by atoms with Gasteiger partial charge in [0.2, 0.25) is 0 Å². The average molecular weight is 338 g/mol. The Bertz CT molecular complexity index is 625. The molecule has 2 aromatic rings. The molecule has 4 heteroatoms. The summed E-state index contributed by atoms with van der Waals surface area (Å²) in [5.41, 5.74) is 2.63. The molecular formula is C21H26N2O2. The highest BCUT2D eigenvalue weighted by Crippen LogP contribution is 2.34. The monoisotopic (exact) mass is 338 g/mol. The highest BCUT2D eigenvalue weighted by Gasteiger charge is 2.34. The highest BCUT2D eigenvalue weighted by molar-refractivity contribution is 5.52. The van der Waals surface area contributed by atoms with E-state index in [1.807, 2.05) is 0 Å². The lowest BCUT2D eigenvalue weighted by atomic mass is 9.84. The maximum atomic E-state index is 5.28. The number of anilines is 2. The van der Waals surface area contributed by atoms with Crippen LogP contribution in [0.4, 0.5) is 11.4 Å². The average Bonchev–Trinajstić information content (AvgIpc) is 2.67. The minimum Gasteiger partial charge on any atom is -0.497 e. The van der Waals surface area contributed by atoms with E-state index in [1.165, 1.54) is 17.8 Å². The van der Waals surface area contributed by atoms with Crippen molar-refractivity contribution in [2.75, 3.05) is 50.2 Å². The fourth-order valence-corrected chi connectivity index (χ4v) is 4.29. The zero-order chi connectivity index (χ0) is 17.2. The highest BCUT2D eigenvalue weighted by atomic mass is 16.5. The smallest absolute Gasteiger partial charge is 0.119 e. The molecule has 0 aromatic heterocycles. The molecule has 0 spiro atoms. The predicted octanol–water partition coefficient (Wildman–Crippen LogP) is 3.67. The van der Waals surface area contributed by atoms with E-state index in [4.69, 9.17) is 9.47 Å². The Morgan fingerprint density at radius 3 is 1.32 bits per heavy atom. The molecule has 25 heavy (non-hydrogen) atoms. The van der Waals surface area contributed by atoms with Crippen molar-refractivity contribution in [1.29, 1.82) is 0 Å². The van der Waals surface area contributed by atoms with Crippen molar-refractivity contribution in [2.24, 2.45) is 11.8 Å². The standard InChI is InChI=1S/C21H26N2O2/c1-24-20-7-3-18(4-8-20)22-12-16-11-17(13-22)15-23(14-16)19-5-9-21(25-2)10-6-19/h3-10,16-17H,11-15H2,1-2H3. The third kappa shape index (κ3) is 3.39. The largest absolute Gasteiger partial charge is 0.497 e. The summed E-state index contributed by atoms with van der Waals surface area (Å²) < 4.78 is 10.6. The summed E-state index contributed by atoms with van der Waals surface area (Å²) in [7, 11) is 3.43. The van der Waals surface area contributed by atoms with Crippen molar-refractivity contribution in [3.05, 3.63) is 48.5 Å². The van der Waals surface area contributed by atoms with E-state index in [9.17, 15) is 0 Å². The molecule has 0 N–H and O–H groups in total. The molecule has 0 aliphatic carbocycles. The number of piperidine rings is 2. The number of hydrogen-bond donors (Lipinski definition) is 0. The molecule has 0 radical (unpaired) electrons. The number of benzene rings is 2. The molecule has 4 nitrogen and oxygen atoms in total. The van der Waals surface area contributed by atoms with Gasteiger partial charge in [-0.15, -0.1) is 0 Å². The first-order valence-electron chi connectivity index (χ1n) is 9.03. The molecule has 0 saturated carbocycles. The number of methoxy groups -OCH3 is 2.